The van der Waals surface area contributed by atoms with E-state index in [1.165, 1.54) is 16.8 Å². The molecule has 0 bridgehead atoms. The first kappa shape index (κ1) is 17.7. The number of sulfonamides is 1. The molecular formula is C16H14ClN5O4S. The average molecular weight is 408 g/mol. The van der Waals surface area contributed by atoms with Crippen molar-refractivity contribution in [3.8, 4) is 17.2 Å². The SMILES string of the molecule is O=S(=O)(NCc1nnnn1-c1ccc(Cl)cc1)c1ccc2c(c1)OCCO2. The molecule has 1 N–H and O–H groups in total. The van der Waals surface area contributed by atoms with E-state index in [9.17, 15) is 8.42 Å². The second-order valence-corrected chi connectivity index (χ2v) is 7.82. The monoisotopic (exact) mass is 407 g/mol. The molecule has 27 heavy (non-hydrogen) atoms. The lowest BCUT2D eigenvalue weighted by atomic mass is 10.3. The number of hydrogen-bond donors (Lipinski definition) is 1. The van der Waals surface area contributed by atoms with E-state index in [1.54, 1.807) is 30.3 Å². The molecule has 0 saturated carbocycles. The molecule has 9 nitrogen and oxygen atoms in total. The van der Waals surface area contributed by atoms with E-state index in [2.05, 4.69) is 20.2 Å². The molecule has 0 amide bonds. The maximum absolute atomic E-state index is 12.6. The quantitative estimate of drug-likeness (QED) is 0.683. The van der Waals surface area contributed by atoms with Gasteiger partial charge in [-0.3, -0.25) is 0 Å². The zero-order valence-electron chi connectivity index (χ0n) is 13.9. The lowest BCUT2D eigenvalue weighted by Gasteiger charge is -2.18. The van der Waals surface area contributed by atoms with E-state index in [0.717, 1.165) is 0 Å². The summed E-state index contributed by atoms with van der Waals surface area (Å²) < 4.78 is 40.0. The summed E-state index contributed by atoms with van der Waals surface area (Å²) in [7, 11) is -3.79. The first-order valence-corrected chi connectivity index (χ1v) is 9.81. The van der Waals surface area contributed by atoms with Gasteiger partial charge in [-0.2, -0.15) is 4.68 Å². The third-order valence-electron chi connectivity index (χ3n) is 3.85. The lowest BCUT2D eigenvalue weighted by molar-refractivity contribution is 0.171. The fourth-order valence-electron chi connectivity index (χ4n) is 2.53. The number of tetrazole rings is 1. The largest absolute Gasteiger partial charge is 0.486 e. The first-order valence-electron chi connectivity index (χ1n) is 7.95. The van der Waals surface area contributed by atoms with Crippen molar-refractivity contribution in [1.82, 2.24) is 24.9 Å². The number of rotatable bonds is 5. The number of benzene rings is 2. The number of ether oxygens (including phenoxy) is 2. The van der Waals surface area contributed by atoms with Gasteiger partial charge < -0.3 is 9.47 Å². The molecule has 0 spiro atoms. The molecule has 1 aliphatic rings. The summed E-state index contributed by atoms with van der Waals surface area (Å²) in [5.74, 6) is 1.25. The van der Waals surface area contributed by atoms with Crippen LogP contribution in [0.3, 0.4) is 0 Å². The molecule has 1 aromatic heterocycles. The van der Waals surface area contributed by atoms with Gasteiger partial charge in [-0.25, -0.2) is 13.1 Å². The Bertz CT molecular complexity index is 1070. The van der Waals surface area contributed by atoms with Gasteiger partial charge in [0, 0.05) is 11.1 Å². The predicted molar refractivity (Wildman–Crippen MR) is 95.6 cm³/mol. The fraction of sp³-hybridized carbons (Fsp3) is 0.188. The molecule has 4 rings (SSSR count). The Morgan fingerprint density at radius 3 is 2.59 bits per heavy atom. The summed E-state index contributed by atoms with van der Waals surface area (Å²) in [4.78, 5) is 0.0669. The topological polar surface area (TPSA) is 108 Å². The van der Waals surface area contributed by atoms with Crippen LogP contribution >= 0.6 is 11.6 Å². The van der Waals surface area contributed by atoms with E-state index in [4.69, 9.17) is 21.1 Å². The van der Waals surface area contributed by atoms with Gasteiger partial charge in [0.2, 0.25) is 10.0 Å². The Hall–Kier alpha value is -2.69. The highest BCUT2D eigenvalue weighted by Crippen LogP contribution is 2.32. The van der Waals surface area contributed by atoms with Crippen molar-refractivity contribution in [1.29, 1.82) is 0 Å². The summed E-state index contributed by atoms with van der Waals surface area (Å²) in [5.41, 5.74) is 0.665. The zero-order chi connectivity index (χ0) is 18.9. The minimum absolute atomic E-state index is 0.0669. The van der Waals surface area contributed by atoms with Crippen LogP contribution in [0.25, 0.3) is 5.69 Å². The second kappa shape index (κ2) is 7.14. The van der Waals surface area contributed by atoms with Gasteiger partial charge in [0.05, 0.1) is 17.1 Å². The number of nitrogens with one attached hydrogen (secondary N) is 1. The van der Waals surface area contributed by atoms with Crippen LogP contribution in [-0.4, -0.2) is 41.8 Å². The van der Waals surface area contributed by atoms with Crippen molar-refractivity contribution in [2.24, 2.45) is 0 Å². The standard InChI is InChI=1S/C16H14ClN5O4S/c17-11-1-3-12(4-2-11)22-16(19-20-21-22)10-18-27(23,24)13-5-6-14-15(9-13)26-8-7-25-14/h1-6,9,18H,7-8,10H2. The van der Waals surface area contributed by atoms with Gasteiger partial charge in [0.1, 0.15) is 13.2 Å². The lowest BCUT2D eigenvalue weighted by Crippen LogP contribution is -2.25. The van der Waals surface area contributed by atoms with Gasteiger partial charge in [-0.1, -0.05) is 11.6 Å². The number of nitrogens with zero attached hydrogens (tertiary/aromatic N) is 4. The summed E-state index contributed by atoms with van der Waals surface area (Å²) >= 11 is 5.88. The number of halogens is 1. The molecule has 0 atom stereocenters. The highest BCUT2D eigenvalue weighted by molar-refractivity contribution is 7.89. The molecule has 0 unspecified atom stereocenters. The maximum Gasteiger partial charge on any atom is 0.241 e. The molecule has 0 aliphatic carbocycles. The van der Waals surface area contributed by atoms with E-state index >= 15 is 0 Å². The molecule has 1 aliphatic heterocycles. The van der Waals surface area contributed by atoms with Crippen LogP contribution in [-0.2, 0) is 16.6 Å². The van der Waals surface area contributed by atoms with Crippen LogP contribution in [0.15, 0.2) is 47.4 Å². The van der Waals surface area contributed by atoms with Crippen LogP contribution in [0.4, 0.5) is 0 Å². The minimum Gasteiger partial charge on any atom is -0.486 e. The summed E-state index contributed by atoms with van der Waals surface area (Å²) in [6, 6.07) is 11.3. The van der Waals surface area contributed by atoms with Crippen LogP contribution in [0.2, 0.25) is 5.02 Å². The van der Waals surface area contributed by atoms with Crippen LogP contribution < -0.4 is 14.2 Å². The Labute approximate surface area is 159 Å². The fourth-order valence-corrected chi connectivity index (χ4v) is 3.65. The van der Waals surface area contributed by atoms with Crippen LogP contribution in [0, 0.1) is 0 Å². The van der Waals surface area contributed by atoms with Crippen molar-refractivity contribution in [2.75, 3.05) is 13.2 Å². The highest BCUT2D eigenvalue weighted by atomic mass is 35.5. The van der Waals surface area contributed by atoms with E-state index < -0.39 is 10.0 Å². The molecule has 11 heteroatoms. The molecule has 0 radical (unpaired) electrons. The van der Waals surface area contributed by atoms with Gasteiger partial charge in [-0.15, -0.1) is 5.10 Å². The highest BCUT2D eigenvalue weighted by Gasteiger charge is 2.20. The maximum atomic E-state index is 12.6. The van der Waals surface area contributed by atoms with Crippen LogP contribution in [0.1, 0.15) is 5.82 Å². The Kier molecular flexibility index (Phi) is 4.68. The Morgan fingerprint density at radius 1 is 1.07 bits per heavy atom. The van der Waals surface area contributed by atoms with Gasteiger partial charge in [0.25, 0.3) is 0 Å². The summed E-state index contributed by atoms with van der Waals surface area (Å²) in [6.45, 7) is 0.719. The summed E-state index contributed by atoms with van der Waals surface area (Å²) in [6.07, 6.45) is 0. The predicted octanol–water partition coefficient (Wildman–Crippen LogP) is 1.57. The second-order valence-electron chi connectivity index (χ2n) is 5.61. The third-order valence-corrected chi connectivity index (χ3v) is 5.50. The Balaban J connectivity index is 1.53. The molecule has 0 fully saturated rings. The molecule has 0 saturated heterocycles. The third kappa shape index (κ3) is 3.72. The number of fused-ring (bicyclic) bond motifs is 1. The Morgan fingerprint density at radius 2 is 1.81 bits per heavy atom. The molecule has 140 valence electrons. The molecule has 2 heterocycles. The first-order chi connectivity index (χ1) is 13.0. The molecular weight excluding hydrogens is 394 g/mol. The van der Waals surface area contributed by atoms with E-state index in [0.29, 0.717) is 41.2 Å². The van der Waals surface area contributed by atoms with Gasteiger partial charge in [-0.05, 0) is 46.8 Å². The van der Waals surface area contributed by atoms with Crippen molar-refractivity contribution in [2.45, 2.75) is 11.4 Å². The van der Waals surface area contributed by atoms with Gasteiger partial charge in [0.15, 0.2) is 17.3 Å². The van der Waals surface area contributed by atoms with Crippen molar-refractivity contribution >= 4 is 21.6 Å². The minimum atomic E-state index is -3.79. The number of aromatic nitrogens is 4. The summed E-state index contributed by atoms with van der Waals surface area (Å²) in [5, 5.41) is 12.0. The zero-order valence-corrected chi connectivity index (χ0v) is 15.4. The average Bonchev–Trinajstić information content (AvgIpc) is 3.15. The van der Waals surface area contributed by atoms with E-state index in [1.807, 2.05) is 0 Å². The van der Waals surface area contributed by atoms with Crippen LogP contribution in [0.5, 0.6) is 11.5 Å². The molecule has 3 aromatic rings. The van der Waals surface area contributed by atoms with Gasteiger partial charge >= 0.3 is 0 Å². The van der Waals surface area contributed by atoms with Crippen molar-refractivity contribution in [3.05, 3.63) is 53.3 Å². The molecule has 2 aromatic carbocycles. The van der Waals surface area contributed by atoms with Crippen molar-refractivity contribution in [3.63, 3.8) is 0 Å². The normalized spacial score (nSPS) is 13.5. The van der Waals surface area contributed by atoms with Crippen molar-refractivity contribution < 1.29 is 17.9 Å². The van der Waals surface area contributed by atoms with E-state index in [-0.39, 0.29) is 11.4 Å². The smallest absolute Gasteiger partial charge is 0.241 e. The number of hydrogen-bond acceptors (Lipinski definition) is 7.